The van der Waals surface area contributed by atoms with Gasteiger partial charge >= 0.3 is 0 Å². The number of rotatable bonds is 4. The van der Waals surface area contributed by atoms with Gasteiger partial charge in [0, 0.05) is 24.4 Å². The third kappa shape index (κ3) is 3.84. The van der Waals surface area contributed by atoms with Crippen LogP contribution in [0, 0.1) is 0 Å². The molecular formula is C18H20N2OS. The molecule has 1 heterocycles. The summed E-state index contributed by atoms with van der Waals surface area (Å²) < 4.78 is 5.60. The zero-order chi connectivity index (χ0) is 15.2. The standard InChI is InChI=1S/C18H20N2OS/c22-18(19-13-15-9-6-12-21-15)20-17-11-5-4-10-16(17)14-7-2-1-3-8-14/h1-5,7-8,10-11,15H,6,9,12-13H2,(H2,19,20,22)/t15-/m1/s1. The number of hydrogen-bond donors (Lipinski definition) is 2. The minimum absolute atomic E-state index is 0.282. The summed E-state index contributed by atoms with van der Waals surface area (Å²) in [6.07, 6.45) is 2.53. The lowest BCUT2D eigenvalue weighted by Gasteiger charge is -2.16. The van der Waals surface area contributed by atoms with Crippen molar-refractivity contribution in [2.75, 3.05) is 18.5 Å². The molecular weight excluding hydrogens is 292 g/mol. The zero-order valence-corrected chi connectivity index (χ0v) is 13.2. The first-order chi connectivity index (χ1) is 10.8. The van der Waals surface area contributed by atoms with Crippen LogP contribution in [-0.2, 0) is 4.74 Å². The van der Waals surface area contributed by atoms with Crippen LogP contribution in [0.5, 0.6) is 0 Å². The van der Waals surface area contributed by atoms with Gasteiger partial charge in [-0.3, -0.25) is 0 Å². The van der Waals surface area contributed by atoms with Gasteiger partial charge in [-0.2, -0.15) is 0 Å². The minimum atomic E-state index is 0.282. The van der Waals surface area contributed by atoms with Crippen molar-refractivity contribution >= 4 is 23.0 Å². The first-order valence-electron chi connectivity index (χ1n) is 7.64. The lowest BCUT2D eigenvalue weighted by molar-refractivity contribution is 0.114. The van der Waals surface area contributed by atoms with E-state index in [2.05, 4.69) is 28.8 Å². The topological polar surface area (TPSA) is 33.3 Å². The molecule has 4 heteroatoms. The fourth-order valence-electron chi connectivity index (χ4n) is 2.64. The molecule has 0 aromatic heterocycles. The summed E-state index contributed by atoms with van der Waals surface area (Å²) in [7, 11) is 0. The molecule has 1 aliphatic heterocycles. The Bertz CT molecular complexity index is 624. The molecule has 0 aliphatic carbocycles. The summed E-state index contributed by atoms with van der Waals surface area (Å²) in [5, 5.41) is 7.18. The van der Waals surface area contributed by atoms with Crippen LogP contribution in [0.1, 0.15) is 12.8 Å². The van der Waals surface area contributed by atoms with E-state index in [0.29, 0.717) is 5.11 Å². The average molecular weight is 312 g/mol. The Morgan fingerprint density at radius 2 is 1.86 bits per heavy atom. The molecule has 0 amide bonds. The number of hydrogen-bond acceptors (Lipinski definition) is 2. The smallest absolute Gasteiger partial charge is 0.170 e. The zero-order valence-electron chi connectivity index (χ0n) is 12.4. The van der Waals surface area contributed by atoms with E-state index in [9.17, 15) is 0 Å². The lowest BCUT2D eigenvalue weighted by Crippen LogP contribution is -2.34. The summed E-state index contributed by atoms with van der Waals surface area (Å²) in [5.74, 6) is 0. The maximum absolute atomic E-state index is 5.60. The molecule has 1 atom stereocenters. The van der Waals surface area contributed by atoms with Crippen LogP contribution in [0.4, 0.5) is 5.69 Å². The van der Waals surface area contributed by atoms with Crippen molar-refractivity contribution in [1.29, 1.82) is 0 Å². The van der Waals surface area contributed by atoms with E-state index in [1.807, 2.05) is 36.4 Å². The van der Waals surface area contributed by atoms with Crippen LogP contribution in [0.25, 0.3) is 11.1 Å². The molecule has 114 valence electrons. The molecule has 1 fully saturated rings. The van der Waals surface area contributed by atoms with E-state index in [0.717, 1.165) is 37.2 Å². The van der Waals surface area contributed by atoms with Crippen LogP contribution in [-0.4, -0.2) is 24.4 Å². The van der Waals surface area contributed by atoms with Crippen LogP contribution in [0.3, 0.4) is 0 Å². The number of para-hydroxylation sites is 1. The van der Waals surface area contributed by atoms with E-state index in [1.54, 1.807) is 0 Å². The SMILES string of the molecule is S=C(NC[C@H]1CCCO1)Nc1ccccc1-c1ccccc1. The second kappa shape index (κ2) is 7.38. The van der Waals surface area contributed by atoms with Gasteiger partial charge in [-0.05, 0) is 36.7 Å². The molecule has 0 bridgehead atoms. The average Bonchev–Trinajstić information content (AvgIpc) is 3.08. The van der Waals surface area contributed by atoms with E-state index < -0.39 is 0 Å². The van der Waals surface area contributed by atoms with E-state index in [4.69, 9.17) is 17.0 Å². The Morgan fingerprint density at radius 1 is 1.09 bits per heavy atom. The van der Waals surface area contributed by atoms with Crippen molar-refractivity contribution in [2.24, 2.45) is 0 Å². The van der Waals surface area contributed by atoms with Crippen LogP contribution in [0.15, 0.2) is 54.6 Å². The third-order valence-electron chi connectivity index (χ3n) is 3.77. The highest BCUT2D eigenvalue weighted by molar-refractivity contribution is 7.80. The van der Waals surface area contributed by atoms with Crippen molar-refractivity contribution in [1.82, 2.24) is 5.32 Å². The monoisotopic (exact) mass is 312 g/mol. The first-order valence-corrected chi connectivity index (χ1v) is 8.04. The second-order valence-electron chi connectivity index (χ2n) is 5.38. The van der Waals surface area contributed by atoms with Gasteiger partial charge in [0.1, 0.15) is 0 Å². The number of anilines is 1. The molecule has 0 radical (unpaired) electrons. The maximum atomic E-state index is 5.60. The minimum Gasteiger partial charge on any atom is -0.376 e. The van der Waals surface area contributed by atoms with E-state index in [-0.39, 0.29) is 6.10 Å². The predicted octanol–water partition coefficient (Wildman–Crippen LogP) is 3.82. The summed E-state index contributed by atoms with van der Waals surface area (Å²) in [6.45, 7) is 1.63. The highest BCUT2D eigenvalue weighted by atomic mass is 32.1. The van der Waals surface area contributed by atoms with Gasteiger partial charge in [0.15, 0.2) is 5.11 Å². The molecule has 3 rings (SSSR count). The van der Waals surface area contributed by atoms with Crippen molar-refractivity contribution in [3.63, 3.8) is 0 Å². The van der Waals surface area contributed by atoms with Gasteiger partial charge in [0.25, 0.3) is 0 Å². The van der Waals surface area contributed by atoms with Crippen LogP contribution in [0.2, 0.25) is 0 Å². The summed E-state index contributed by atoms with van der Waals surface area (Å²) >= 11 is 5.40. The Hall–Kier alpha value is -1.91. The van der Waals surface area contributed by atoms with Crippen molar-refractivity contribution in [2.45, 2.75) is 18.9 Å². The Morgan fingerprint density at radius 3 is 2.64 bits per heavy atom. The number of benzene rings is 2. The lowest BCUT2D eigenvalue weighted by atomic mass is 10.0. The molecule has 0 unspecified atom stereocenters. The first kappa shape index (κ1) is 15.0. The molecule has 2 N–H and O–H groups in total. The van der Waals surface area contributed by atoms with Gasteiger partial charge in [0.2, 0.25) is 0 Å². The van der Waals surface area contributed by atoms with Crippen molar-refractivity contribution in [3.8, 4) is 11.1 Å². The maximum Gasteiger partial charge on any atom is 0.170 e. The molecule has 0 spiro atoms. The van der Waals surface area contributed by atoms with Gasteiger partial charge in [-0.1, -0.05) is 48.5 Å². The highest BCUT2D eigenvalue weighted by Crippen LogP contribution is 2.27. The van der Waals surface area contributed by atoms with Gasteiger partial charge in [0.05, 0.1) is 6.10 Å². The molecule has 1 aliphatic rings. The Kier molecular flexibility index (Phi) is 5.03. The molecule has 1 saturated heterocycles. The highest BCUT2D eigenvalue weighted by Gasteiger charge is 2.15. The third-order valence-corrected chi connectivity index (χ3v) is 4.02. The van der Waals surface area contributed by atoms with Crippen LogP contribution >= 0.6 is 12.2 Å². The number of ether oxygens (including phenoxy) is 1. The number of nitrogens with one attached hydrogen (secondary N) is 2. The quantitative estimate of drug-likeness (QED) is 0.841. The fraction of sp³-hybridized carbons (Fsp3) is 0.278. The van der Waals surface area contributed by atoms with Crippen LogP contribution < -0.4 is 10.6 Å². The normalized spacial score (nSPS) is 17.2. The molecule has 3 nitrogen and oxygen atoms in total. The Balaban J connectivity index is 1.66. The van der Waals surface area contributed by atoms with Crippen molar-refractivity contribution < 1.29 is 4.74 Å². The second-order valence-corrected chi connectivity index (χ2v) is 5.79. The van der Waals surface area contributed by atoms with Gasteiger partial charge < -0.3 is 15.4 Å². The fourth-order valence-corrected chi connectivity index (χ4v) is 2.83. The summed E-state index contributed by atoms with van der Waals surface area (Å²) in [4.78, 5) is 0. The Labute approximate surface area is 136 Å². The number of thiocarbonyl (C=S) groups is 1. The predicted molar refractivity (Wildman–Crippen MR) is 95.1 cm³/mol. The van der Waals surface area contributed by atoms with E-state index in [1.165, 1.54) is 5.56 Å². The molecule has 2 aromatic rings. The molecule has 2 aromatic carbocycles. The largest absolute Gasteiger partial charge is 0.376 e. The molecule has 0 saturated carbocycles. The van der Waals surface area contributed by atoms with Gasteiger partial charge in [-0.15, -0.1) is 0 Å². The summed E-state index contributed by atoms with van der Waals surface area (Å²) in [6, 6.07) is 18.5. The van der Waals surface area contributed by atoms with E-state index >= 15 is 0 Å². The molecule has 22 heavy (non-hydrogen) atoms. The van der Waals surface area contributed by atoms with Crippen molar-refractivity contribution in [3.05, 3.63) is 54.6 Å². The van der Waals surface area contributed by atoms with Gasteiger partial charge in [-0.25, -0.2) is 0 Å². The summed E-state index contributed by atoms with van der Waals surface area (Å²) in [5.41, 5.74) is 3.33.